The Morgan fingerprint density at radius 2 is 1.56 bits per heavy atom. The lowest BCUT2D eigenvalue weighted by Gasteiger charge is -2.29. The summed E-state index contributed by atoms with van der Waals surface area (Å²) in [5, 5.41) is 3.77. The van der Waals surface area contributed by atoms with E-state index in [4.69, 9.17) is 0 Å². The first-order valence-electron chi connectivity index (χ1n) is 10.7. The number of hydrogen-bond acceptors (Lipinski definition) is 4. The van der Waals surface area contributed by atoms with Gasteiger partial charge in [-0.3, -0.25) is 0 Å². The first kappa shape index (κ1) is 25.5. The number of halogens is 3. The highest BCUT2D eigenvalue weighted by atomic mass is 32.2. The minimum Gasteiger partial charge on any atom is -0.439 e. The fourth-order valence-electron chi connectivity index (χ4n) is 3.56. The fourth-order valence-corrected chi connectivity index (χ4v) is 4.27. The van der Waals surface area contributed by atoms with Gasteiger partial charge in [0.1, 0.15) is 0 Å². The van der Waals surface area contributed by atoms with Crippen molar-refractivity contribution in [3.63, 3.8) is 0 Å². The fraction of sp³-hybridized carbons (Fsp3) is 0.333. The summed E-state index contributed by atoms with van der Waals surface area (Å²) in [6.45, 7) is 9.26. The molecule has 6 nitrogen and oxygen atoms in total. The number of carbonyl (C=O) groups excluding carboxylic acids is 1. The molecule has 0 saturated heterocycles. The molecule has 0 atom stereocenters. The van der Waals surface area contributed by atoms with Crippen LogP contribution in [0.5, 0.6) is 0 Å². The van der Waals surface area contributed by atoms with Crippen molar-refractivity contribution in [1.82, 2.24) is 14.7 Å². The summed E-state index contributed by atoms with van der Waals surface area (Å²) in [6, 6.07) is 13.2. The van der Waals surface area contributed by atoms with Crippen LogP contribution in [0.2, 0.25) is 0 Å². The summed E-state index contributed by atoms with van der Waals surface area (Å²) < 4.78 is 57.8. The van der Waals surface area contributed by atoms with Gasteiger partial charge >= 0.3 is 12.2 Å². The predicted molar refractivity (Wildman–Crippen MR) is 125 cm³/mol. The molecule has 1 heterocycles. The number of nitrogens with zero attached hydrogens (tertiary/aromatic N) is 4. The van der Waals surface area contributed by atoms with E-state index in [9.17, 15) is 22.2 Å². The molecule has 3 rings (SSSR count). The summed E-state index contributed by atoms with van der Waals surface area (Å²) in [4.78, 5) is 14.2. The maximum absolute atomic E-state index is 13.4. The van der Waals surface area contributed by atoms with Crippen molar-refractivity contribution in [1.29, 1.82) is 0 Å². The normalized spacial score (nSPS) is 13.0. The first-order valence-corrected chi connectivity index (χ1v) is 11.8. The highest BCUT2D eigenvalue weighted by molar-refractivity contribution is 7.75. The Kier molecular flexibility index (Phi) is 7.50. The zero-order valence-electron chi connectivity index (χ0n) is 19.5. The van der Waals surface area contributed by atoms with Crippen molar-refractivity contribution in [2.75, 3.05) is 0 Å². The van der Waals surface area contributed by atoms with Crippen LogP contribution >= 0.6 is 0 Å². The molecule has 0 unspecified atom stereocenters. The quantitative estimate of drug-likeness (QED) is 0.377. The molecular formula is C24H26F3N4O2S-. The molecule has 34 heavy (non-hydrogen) atoms. The van der Waals surface area contributed by atoms with Crippen molar-refractivity contribution in [3.05, 3.63) is 65.9 Å². The van der Waals surface area contributed by atoms with E-state index >= 15 is 0 Å². The molecule has 0 aliphatic carbocycles. The van der Waals surface area contributed by atoms with Crippen LogP contribution in [0.1, 0.15) is 39.0 Å². The molecule has 10 heteroatoms. The van der Waals surface area contributed by atoms with Crippen LogP contribution < -0.4 is 0 Å². The summed E-state index contributed by atoms with van der Waals surface area (Å²) >= 11 is 0. The van der Waals surface area contributed by atoms with E-state index in [1.54, 1.807) is 12.1 Å². The highest BCUT2D eigenvalue weighted by Crippen LogP contribution is 2.33. The molecule has 0 aliphatic rings. The van der Waals surface area contributed by atoms with Crippen LogP contribution in [-0.2, 0) is 21.0 Å². The van der Waals surface area contributed by atoms with Gasteiger partial charge in [-0.2, -0.15) is 28.9 Å². The van der Waals surface area contributed by atoms with Gasteiger partial charge in [0.2, 0.25) is 0 Å². The number of benzene rings is 2. The highest BCUT2D eigenvalue weighted by Gasteiger charge is 2.35. The van der Waals surface area contributed by atoms with E-state index in [1.807, 2.05) is 46.8 Å². The van der Waals surface area contributed by atoms with E-state index < -0.39 is 28.5 Å². The van der Waals surface area contributed by atoms with Gasteiger partial charge in [-0.1, -0.05) is 46.9 Å². The van der Waals surface area contributed by atoms with Crippen molar-refractivity contribution in [2.45, 2.75) is 57.8 Å². The molecule has 3 aromatic rings. The summed E-state index contributed by atoms with van der Waals surface area (Å²) in [6.07, 6.45) is -4.61. The van der Waals surface area contributed by atoms with E-state index in [-0.39, 0.29) is 22.7 Å². The van der Waals surface area contributed by atoms with Crippen molar-refractivity contribution < 1.29 is 22.2 Å². The maximum atomic E-state index is 13.4. The topological polar surface area (TPSA) is 67.6 Å². The Hall–Kier alpha value is -3.14. The maximum Gasteiger partial charge on any atom is 0.435 e. The Morgan fingerprint density at radius 1 is 1.00 bits per heavy atom. The predicted octanol–water partition coefficient (Wildman–Crippen LogP) is 6.61. The van der Waals surface area contributed by atoms with Gasteiger partial charge in [0, 0.05) is 17.6 Å². The van der Waals surface area contributed by atoms with Crippen LogP contribution in [0.25, 0.3) is 16.9 Å². The van der Waals surface area contributed by atoms with Gasteiger partial charge in [-0.15, -0.1) is 0 Å². The molecule has 0 spiro atoms. The average Bonchev–Trinajstić information content (AvgIpc) is 3.20. The van der Waals surface area contributed by atoms with Gasteiger partial charge in [0.05, 0.1) is 11.4 Å². The lowest BCUT2D eigenvalue weighted by atomic mass is 10.1. The van der Waals surface area contributed by atoms with Crippen LogP contribution in [0, 0.1) is 6.92 Å². The third-order valence-corrected chi connectivity index (χ3v) is 6.12. The number of alkyl halides is 3. The monoisotopic (exact) mass is 491 g/mol. The van der Waals surface area contributed by atoms with Crippen LogP contribution in [0.15, 0.2) is 63.9 Å². The number of carbonyl (C=O) groups is 1. The first-order chi connectivity index (χ1) is 15.9. The summed E-state index contributed by atoms with van der Waals surface area (Å²) in [5.74, 6) is 0. The molecule has 0 bridgehead atoms. The third-order valence-electron chi connectivity index (χ3n) is 5.12. The van der Waals surface area contributed by atoms with E-state index in [1.165, 1.54) is 33.8 Å². The van der Waals surface area contributed by atoms with Crippen molar-refractivity contribution in [3.8, 4) is 16.9 Å². The minimum atomic E-state index is -4.61. The number of urea groups is 1. The zero-order chi connectivity index (χ0) is 25.2. The second-order valence-corrected chi connectivity index (χ2v) is 9.55. The smallest absolute Gasteiger partial charge is 0.435 e. The largest absolute Gasteiger partial charge is 0.439 e. The molecule has 2 amide bonds. The van der Waals surface area contributed by atoms with E-state index in [2.05, 4.69) is 9.46 Å². The summed E-state index contributed by atoms with van der Waals surface area (Å²) in [7, 11) is -1.96. The van der Waals surface area contributed by atoms with E-state index in [0.29, 0.717) is 11.3 Å². The Bertz CT molecular complexity index is 1230. The lowest BCUT2D eigenvalue weighted by molar-refractivity contribution is -0.141. The SMILES string of the molecule is Cc1ccc(-c2cc(C(F)(F)F)nn2-c2ccc(/[S-](=O)=N/C(=O)N(C(C)C)C(C)C)cc2)cc1. The molecule has 0 aliphatic heterocycles. The number of aryl methyl sites for hydroxylation is 1. The number of amides is 2. The Morgan fingerprint density at radius 3 is 2.06 bits per heavy atom. The molecule has 182 valence electrons. The van der Waals surface area contributed by atoms with Gasteiger partial charge in [-0.25, -0.2) is 9.48 Å². The van der Waals surface area contributed by atoms with Crippen molar-refractivity contribution in [2.24, 2.45) is 4.36 Å². The Labute approximate surface area is 198 Å². The zero-order valence-corrected chi connectivity index (χ0v) is 20.3. The second-order valence-electron chi connectivity index (χ2n) is 8.40. The molecule has 0 N–H and O–H groups in total. The summed E-state index contributed by atoms with van der Waals surface area (Å²) in [5.41, 5.74) is 1.15. The van der Waals surface area contributed by atoms with Crippen LogP contribution in [0.4, 0.5) is 18.0 Å². The number of rotatable bonds is 5. The van der Waals surface area contributed by atoms with Gasteiger partial charge in [0.25, 0.3) is 0 Å². The van der Waals surface area contributed by atoms with Crippen molar-refractivity contribution >= 4 is 16.6 Å². The van der Waals surface area contributed by atoms with E-state index in [0.717, 1.165) is 11.6 Å². The number of aromatic nitrogens is 2. The molecule has 0 saturated carbocycles. The van der Waals surface area contributed by atoms with Gasteiger partial charge < -0.3 is 13.5 Å². The molecular weight excluding hydrogens is 465 g/mol. The average molecular weight is 492 g/mol. The Balaban J connectivity index is 1.98. The lowest BCUT2D eigenvalue weighted by Crippen LogP contribution is -2.40. The van der Waals surface area contributed by atoms with Gasteiger partial charge in [0.15, 0.2) is 5.69 Å². The second kappa shape index (κ2) is 10.0. The third kappa shape index (κ3) is 5.67. The minimum absolute atomic E-state index is 0.113. The van der Waals surface area contributed by atoms with Crippen LogP contribution in [0.3, 0.4) is 0 Å². The van der Waals surface area contributed by atoms with Gasteiger partial charge in [-0.05, 0) is 52.8 Å². The molecule has 0 fully saturated rings. The molecule has 0 radical (unpaired) electrons. The molecule has 1 aromatic heterocycles. The standard InChI is InChI=1S/C24H26F3N4O2S/c1-15(2)30(16(3)4)23(32)29-34(33)20-12-10-19(11-13-20)31-21(14-22(28-31)24(25,26)27)18-8-6-17(5)7-9-18/h6-16H,1-5H3/q-1. The number of hydrogen-bond donors (Lipinski definition) is 0. The van der Waals surface area contributed by atoms with Crippen LogP contribution in [-0.4, -0.2) is 32.8 Å². The molecule has 2 aromatic carbocycles.